The van der Waals surface area contributed by atoms with Gasteiger partial charge in [-0.15, -0.1) is 12.4 Å². The van der Waals surface area contributed by atoms with Crippen LogP contribution in [0.3, 0.4) is 0 Å². The number of fused-ring (bicyclic) bond motifs is 2. The third-order valence-electron chi connectivity index (χ3n) is 6.01. The fraction of sp³-hybridized carbons (Fsp3) is 0.409. The average Bonchev–Trinajstić information content (AvgIpc) is 2.89. The van der Waals surface area contributed by atoms with Crippen LogP contribution in [0.1, 0.15) is 36.8 Å². The lowest BCUT2D eigenvalue weighted by molar-refractivity contribution is -0.171. The topological polar surface area (TPSA) is 49.8 Å². The van der Waals surface area contributed by atoms with Crippen molar-refractivity contribution in [2.45, 2.75) is 49.5 Å². The summed E-state index contributed by atoms with van der Waals surface area (Å²) in [7, 11) is 2.16. The summed E-state index contributed by atoms with van der Waals surface area (Å²) in [5, 5.41) is 11.5. The van der Waals surface area contributed by atoms with Crippen molar-refractivity contribution in [2.75, 3.05) is 7.05 Å². The Morgan fingerprint density at radius 2 is 1.41 bits per heavy atom. The van der Waals surface area contributed by atoms with Gasteiger partial charge in [0.2, 0.25) is 5.60 Å². The molecule has 2 aromatic carbocycles. The number of halogens is 1. The number of rotatable bonds is 4. The third-order valence-corrected chi connectivity index (χ3v) is 6.01. The largest absolute Gasteiger partial charge is 0.460 e. The smallest absolute Gasteiger partial charge is 0.347 e. The molecule has 0 spiro atoms. The molecule has 2 bridgehead atoms. The molecular weight excluding hydrogens is 362 g/mol. The Balaban J connectivity index is 0.00000210. The zero-order valence-corrected chi connectivity index (χ0v) is 16.3. The van der Waals surface area contributed by atoms with Crippen molar-refractivity contribution in [1.82, 2.24) is 4.90 Å². The van der Waals surface area contributed by atoms with E-state index in [1.165, 1.54) is 0 Å². The van der Waals surface area contributed by atoms with E-state index in [-0.39, 0.29) is 18.5 Å². The standard InChI is InChI=1S/C22H25NO3.ClH/c1-23-18-12-13-19(23)15-20(14-18)26-21(24)22(25,16-8-4-2-5-9-16)17-10-6-3-7-11-17;/h2-11,18-20,25H,12-15H2,1H3;1H/t18-,19+,20?;. The van der Waals surface area contributed by atoms with Crippen LogP contribution >= 0.6 is 12.4 Å². The Labute approximate surface area is 166 Å². The minimum atomic E-state index is -1.79. The Morgan fingerprint density at radius 1 is 0.963 bits per heavy atom. The molecule has 2 fully saturated rings. The van der Waals surface area contributed by atoms with E-state index in [9.17, 15) is 9.90 Å². The highest BCUT2D eigenvalue weighted by Crippen LogP contribution is 2.37. The number of aliphatic hydroxyl groups is 1. The normalized spacial score (nSPS) is 24.9. The van der Waals surface area contributed by atoms with Crippen molar-refractivity contribution < 1.29 is 14.6 Å². The van der Waals surface area contributed by atoms with Crippen LogP contribution in [-0.4, -0.2) is 41.2 Å². The molecule has 4 rings (SSSR count). The van der Waals surface area contributed by atoms with Gasteiger partial charge in [-0.3, -0.25) is 0 Å². The maximum absolute atomic E-state index is 13.2. The monoisotopic (exact) mass is 387 g/mol. The molecule has 0 radical (unpaired) electrons. The Kier molecular flexibility index (Phi) is 5.89. The van der Waals surface area contributed by atoms with Gasteiger partial charge >= 0.3 is 5.97 Å². The van der Waals surface area contributed by atoms with Crippen molar-refractivity contribution in [3.05, 3.63) is 71.8 Å². The summed E-state index contributed by atoms with van der Waals surface area (Å²) >= 11 is 0. The Bertz CT molecular complexity index is 714. The first kappa shape index (κ1) is 19.9. The molecule has 4 nitrogen and oxygen atoms in total. The number of piperidine rings is 1. The predicted octanol–water partition coefficient (Wildman–Crippen LogP) is 3.51. The fourth-order valence-electron chi connectivity index (χ4n) is 4.46. The first-order chi connectivity index (χ1) is 12.6. The van der Waals surface area contributed by atoms with Crippen LogP contribution in [0.4, 0.5) is 0 Å². The van der Waals surface area contributed by atoms with E-state index >= 15 is 0 Å². The second kappa shape index (κ2) is 8.01. The van der Waals surface area contributed by atoms with Gasteiger partial charge in [0.05, 0.1) is 0 Å². The van der Waals surface area contributed by atoms with Crippen LogP contribution in [0.5, 0.6) is 0 Å². The van der Waals surface area contributed by atoms with E-state index in [0.717, 1.165) is 25.7 Å². The molecule has 3 atom stereocenters. The molecule has 0 amide bonds. The van der Waals surface area contributed by atoms with E-state index in [1.54, 1.807) is 24.3 Å². The van der Waals surface area contributed by atoms with E-state index < -0.39 is 11.6 Å². The lowest BCUT2D eigenvalue weighted by atomic mass is 9.86. The highest BCUT2D eigenvalue weighted by atomic mass is 35.5. The zero-order valence-electron chi connectivity index (χ0n) is 15.5. The summed E-state index contributed by atoms with van der Waals surface area (Å²) in [6.07, 6.45) is 3.89. The number of benzene rings is 2. The molecule has 27 heavy (non-hydrogen) atoms. The van der Waals surface area contributed by atoms with Gasteiger partial charge < -0.3 is 14.7 Å². The average molecular weight is 388 g/mol. The third kappa shape index (κ3) is 3.62. The number of hydrogen-bond acceptors (Lipinski definition) is 4. The lowest BCUT2D eigenvalue weighted by Gasteiger charge is -2.37. The number of carbonyl (C=O) groups is 1. The van der Waals surface area contributed by atoms with Crippen LogP contribution in [0.15, 0.2) is 60.7 Å². The summed E-state index contributed by atoms with van der Waals surface area (Å²) in [6, 6.07) is 19.1. The molecule has 2 aliphatic rings. The van der Waals surface area contributed by atoms with Crippen molar-refractivity contribution in [3.8, 4) is 0 Å². The van der Waals surface area contributed by atoms with Crippen molar-refractivity contribution in [2.24, 2.45) is 0 Å². The summed E-state index contributed by atoms with van der Waals surface area (Å²) in [5.74, 6) is -0.580. The minimum absolute atomic E-state index is 0. The lowest BCUT2D eigenvalue weighted by Crippen LogP contribution is -2.46. The maximum Gasteiger partial charge on any atom is 0.347 e. The number of ether oxygens (including phenoxy) is 1. The van der Waals surface area contributed by atoms with Gasteiger partial charge in [-0.2, -0.15) is 0 Å². The SMILES string of the molecule is CN1[C@@H]2CC[C@H]1CC(OC(=O)C(O)(c1ccccc1)c1ccccc1)C2.Cl. The second-order valence-corrected chi connectivity index (χ2v) is 7.49. The zero-order chi connectivity index (χ0) is 18.1. The van der Waals surface area contributed by atoms with Gasteiger partial charge in [0.1, 0.15) is 6.10 Å². The second-order valence-electron chi connectivity index (χ2n) is 7.49. The summed E-state index contributed by atoms with van der Waals surface area (Å²) in [5.41, 5.74) is -0.718. The van der Waals surface area contributed by atoms with E-state index in [0.29, 0.717) is 23.2 Å². The Hall–Kier alpha value is -1.88. The van der Waals surface area contributed by atoms with Crippen LogP contribution in [-0.2, 0) is 15.1 Å². The molecule has 0 saturated carbocycles. The number of esters is 1. The van der Waals surface area contributed by atoms with Gasteiger partial charge in [-0.1, -0.05) is 60.7 Å². The quantitative estimate of drug-likeness (QED) is 0.815. The first-order valence-corrected chi connectivity index (χ1v) is 9.35. The van der Waals surface area contributed by atoms with E-state index in [1.807, 2.05) is 36.4 Å². The molecule has 2 aliphatic heterocycles. The summed E-state index contributed by atoms with van der Waals surface area (Å²) in [4.78, 5) is 15.6. The fourth-order valence-corrected chi connectivity index (χ4v) is 4.46. The van der Waals surface area contributed by atoms with E-state index in [4.69, 9.17) is 4.74 Å². The molecular formula is C22H26ClNO3. The van der Waals surface area contributed by atoms with Gasteiger partial charge in [0.15, 0.2) is 0 Å². The number of carbonyl (C=O) groups excluding carboxylic acids is 1. The van der Waals surface area contributed by atoms with Crippen molar-refractivity contribution >= 4 is 18.4 Å². The molecule has 0 aromatic heterocycles. The van der Waals surface area contributed by atoms with Crippen LogP contribution in [0, 0.1) is 0 Å². The van der Waals surface area contributed by atoms with Crippen molar-refractivity contribution in [3.63, 3.8) is 0 Å². The number of nitrogens with zero attached hydrogens (tertiary/aromatic N) is 1. The van der Waals surface area contributed by atoms with Crippen LogP contribution in [0.25, 0.3) is 0 Å². The van der Waals surface area contributed by atoms with Crippen LogP contribution < -0.4 is 0 Å². The van der Waals surface area contributed by atoms with E-state index in [2.05, 4.69) is 11.9 Å². The first-order valence-electron chi connectivity index (χ1n) is 9.35. The summed E-state index contributed by atoms with van der Waals surface area (Å²) < 4.78 is 5.88. The molecule has 2 aromatic rings. The Morgan fingerprint density at radius 3 is 1.85 bits per heavy atom. The minimum Gasteiger partial charge on any atom is -0.460 e. The molecule has 2 heterocycles. The predicted molar refractivity (Wildman–Crippen MR) is 107 cm³/mol. The maximum atomic E-state index is 13.2. The van der Waals surface area contributed by atoms with Gasteiger partial charge in [0.25, 0.3) is 0 Å². The van der Waals surface area contributed by atoms with Crippen LogP contribution in [0.2, 0.25) is 0 Å². The van der Waals surface area contributed by atoms with Crippen molar-refractivity contribution in [1.29, 1.82) is 0 Å². The van der Waals surface area contributed by atoms with Gasteiger partial charge in [-0.05, 0) is 43.9 Å². The number of hydrogen-bond donors (Lipinski definition) is 1. The highest BCUT2D eigenvalue weighted by molar-refractivity contribution is 5.86. The molecule has 1 unspecified atom stereocenters. The van der Waals surface area contributed by atoms with Gasteiger partial charge in [-0.25, -0.2) is 4.79 Å². The van der Waals surface area contributed by atoms with Gasteiger partial charge in [0, 0.05) is 12.1 Å². The summed E-state index contributed by atoms with van der Waals surface area (Å²) in [6.45, 7) is 0. The highest BCUT2D eigenvalue weighted by Gasteiger charge is 2.45. The molecule has 5 heteroatoms. The molecule has 0 aliphatic carbocycles. The molecule has 1 N–H and O–H groups in total. The molecule has 144 valence electrons. The molecule has 2 saturated heterocycles.